The summed E-state index contributed by atoms with van der Waals surface area (Å²) in [6, 6.07) is 8.38. The van der Waals surface area contributed by atoms with E-state index in [9.17, 15) is 4.79 Å². The molecule has 1 aromatic heterocycles. The average molecular weight is 270 g/mol. The van der Waals surface area contributed by atoms with E-state index in [1.54, 1.807) is 12.5 Å². The summed E-state index contributed by atoms with van der Waals surface area (Å²) in [5.74, 6) is 0.266. The topological polar surface area (TPSA) is 34.9 Å². The molecule has 106 valence electrons. The molecule has 0 amide bonds. The highest BCUT2D eigenvalue weighted by atomic mass is 16.1. The normalized spacial score (nSPS) is 11.6. The second-order valence-corrected chi connectivity index (χ2v) is 6.21. The van der Waals surface area contributed by atoms with Crippen LogP contribution in [-0.2, 0) is 23.2 Å². The van der Waals surface area contributed by atoms with E-state index >= 15 is 0 Å². The first-order chi connectivity index (χ1) is 9.45. The molecule has 0 saturated carbocycles. The van der Waals surface area contributed by atoms with Crippen LogP contribution in [0.5, 0.6) is 0 Å². The smallest absolute Gasteiger partial charge is 0.139 e. The van der Waals surface area contributed by atoms with Crippen LogP contribution in [-0.4, -0.2) is 15.3 Å². The van der Waals surface area contributed by atoms with Crippen molar-refractivity contribution in [1.29, 1.82) is 0 Å². The Morgan fingerprint density at radius 3 is 2.45 bits per heavy atom. The molecule has 0 radical (unpaired) electrons. The van der Waals surface area contributed by atoms with Crippen LogP contribution in [0.3, 0.4) is 0 Å². The number of ketones is 1. The van der Waals surface area contributed by atoms with Gasteiger partial charge >= 0.3 is 0 Å². The molecule has 2 aromatic rings. The maximum atomic E-state index is 12.0. The second kappa shape index (κ2) is 6.04. The molecule has 3 nitrogen and oxygen atoms in total. The highest BCUT2D eigenvalue weighted by molar-refractivity contribution is 5.80. The SMILES string of the molecule is CC(C)(C)c1ccc(CC(=O)CCn2ccnc2)cc1. The van der Waals surface area contributed by atoms with Crippen molar-refractivity contribution in [3.05, 3.63) is 54.1 Å². The Kier molecular flexibility index (Phi) is 4.38. The molecule has 0 atom stereocenters. The number of carbonyl (C=O) groups is 1. The van der Waals surface area contributed by atoms with E-state index in [4.69, 9.17) is 0 Å². The first-order valence-electron chi connectivity index (χ1n) is 7.02. The number of Topliss-reactive ketones (excluding diaryl/α,β-unsaturated/α-hetero) is 1. The first kappa shape index (κ1) is 14.5. The summed E-state index contributed by atoms with van der Waals surface area (Å²) in [5.41, 5.74) is 2.55. The van der Waals surface area contributed by atoms with Crippen LogP contribution in [0.15, 0.2) is 43.0 Å². The minimum absolute atomic E-state index is 0.157. The predicted molar refractivity (Wildman–Crippen MR) is 80.7 cm³/mol. The predicted octanol–water partition coefficient (Wildman–Crippen LogP) is 3.38. The summed E-state index contributed by atoms with van der Waals surface area (Å²) in [6.07, 6.45) is 6.42. The summed E-state index contributed by atoms with van der Waals surface area (Å²) in [4.78, 5) is 15.9. The Hall–Kier alpha value is -1.90. The third-order valence-corrected chi connectivity index (χ3v) is 3.43. The monoisotopic (exact) mass is 270 g/mol. The molecular formula is C17H22N2O. The van der Waals surface area contributed by atoms with Crippen molar-refractivity contribution in [3.63, 3.8) is 0 Å². The van der Waals surface area contributed by atoms with Crippen molar-refractivity contribution in [2.45, 2.75) is 45.6 Å². The van der Waals surface area contributed by atoms with Crippen LogP contribution in [0.4, 0.5) is 0 Å². The first-order valence-corrected chi connectivity index (χ1v) is 7.02. The van der Waals surface area contributed by atoms with E-state index in [0.717, 1.165) is 5.56 Å². The third kappa shape index (κ3) is 4.05. The number of nitrogens with zero attached hydrogens (tertiary/aromatic N) is 2. The average Bonchev–Trinajstić information content (AvgIpc) is 2.89. The lowest BCUT2D eigenvalue weighted by Crippen LogP contribution is -2.11. The van der Waals surface area contributed by atoms with Crippen molar-refractivity contribution in [3.8, 4) is 0 Å². The zero-order valence-corrected chi connectivity index (χ0v) is 12.5. The molecule has 0 unspecified atom stereocenters. The molecule has 0 N–H and O–H groups in total. The number of benzene rings is 1. The standard InChI is InChI=1S/C17H22N2O/c1-17(2,3)15-6-4-14(5-7-15)12-16(20)8-10-19-11-9-18-13-19/h4-7,9,11,13H,8,10,12H2,1-3H3. The lowest BCUT2D eigenvalue weighted by atomic mass is 9.86. The van der Waals surface area contributed by atoms with Gasteiger partial charge in [-0.2, -0.15) is 0 Å². The van der Waals surface area contributed by atoms with Crippen molar-refractivity contribution in [1.82, 2.24) is 9.55 Å². The number of carbonyl (C=O) groups excluding carboxylic acids is 1. The van der Waals surface area contributed by atoms with E-state index in [-0.39, 0.29) is 11.2 Å². The minimum Gasteiger partial charge on any atom is -0.337 e. The number of imidazole rings is 1. The lowest BCUT2D eigenvalue weighted by molar-refractivity contribution is -0.118. The van der Waals surface area contributed by atoms with E-state index in [2.05, 4.69) is 50.0 Å². The fourth-order valence-corrected chi connectivity index (χ4v) is 2.11. The Balaban J connectivity index is 1.88. The molecule has 3 heteroatoms. The van der Waals surface area contributed by atoms with E-state index in [1.807, 2.05) is 10.8 Å². The molecule has 0 spiro atoms. The zero-order valence-electron chi connectivity index (χ0n) is 12.5. The van der Waals surface area contributed by atoms with Crippen LogP contribution < -0.4 is 0 Å². The molecule has 0 aliphatic carbocycles. The van der Waals surface area contributed by atoms with Gasteiger partial charge in [-0.15, -0.1) is 0 Å². The summed E-state index contributed by atoms with van der Waals surface area (Å²) in [7, 11) is 0. The zero-order chi connectivity index (χ0) is 14.6. The summed E-state index contributed by atoms with van der Waals surface area (Å²) < 4.78 is 1.93. The molecule has 2 rings (SSSR count). The maximum absolute atomic E-state index is 12.0. The van der Waals surface area contributed by atoms with Crippen LogP contribution in [0, 0.1) is 0 Å². The van der Waals surface area contributed by atoms with Gasteiger partial charge < -0.3 is 4.57 Å². The van der Waals surface area contributed by atoms with Gasteiger partial charge in [0.05, 0.1) is 6.33 Å². The molecule has 1 heterocycles. The van der Waals surface area contributed by atoms with Crippen molar-refractivity contribution < 1.29 is 4.79 Å². The van der Waals surface area contributed by atoms with Crippen LogP contribution in [0.1, 0.15) is 38.3 Å². The van der Waals surface area contributed by atoms with E-state index in [1.165, 1.54) is 5.56 Å². The summed E-state index contributed by atoms with van der Waals surface area (Å²) >= 11 is 0. The largest absolute Gasteiger partial charge is 0.337 e. The van der Waals surface area contributed by atoms with Crippen molar-refractivity contribution in [2.24, 2.45) is 0 Å². The van der Waals surface area contributed by atoms with Crippen LogP contribution >= 0.6 is 0 Å². The maximum Gasteiger partial charge on any atom is 0.139 e. The Morgan fingerprint density at radius 2 is 1.90 bits per heavy atom. The number of rotatable bonds is 5. The molecule has 20 heavy (non-hydrogen) atoms. The molecule has 1 aromatic carbocycles. The summed E-state index contributed by atoms with van der Waals surface area (Å²) in [6.45, 7) is 7.29. The van der Waals surface area contributed by atoms with Gasteiger partial charge in [-0.3, -0.25) is 4.79 Å². The fraction of sp³-hybridized carbons (Fsp3) is 0.412. The van der Waals surface area contributed by atoms with E-state index in [0.29, 0.717) is 19.4 Å². The van der Waals surface area contributed by atoms with Gasteiger partial charge in [0.25, 0.3) is 0 Å². The van der Waals surface area contributed by atoms with Crippen LogP contribution in [0.2, 0.25) is 0 Å². The highest BCUT2D eigenvalue weighted by Gasteiger charge is 2.13. The number of aromatic nitrogens is 2. The number of aryl methyl sites for hydroxylation is 1. The van der Waals surface area contributed by atoms with Gasteiger partial charge in [0, 0.05) is 31.8 Å². The van der Waals surface area contributed by atoms with Gasteiger partial charge in [-0.25, -0.2) is 4.98 Å². The van der Waals surface area contributed by atoms with E-state index < -0.39 is 0 Å². The van der Waals surface area contributed by atoms with Gasteiger partial charge in [0.15, 0.2) is 0 Å². The third-order valence-electron chi connectivity index (χ3n) is 3.43. The molecule has 0 fully saturated rings. The molecular weight excluding hydrogens is 248 g/mol. The van der Waals surface area contributed by atoms with Crippen LogP contribution in [0.25, 0.3) is 0 Å². The second-order valence-electron chi connectivity index (χ2n) is 6.21. The molecule has 0 saturated heterocycles. The highest BCUT2D eigenvalue weighted by Crippen LogP contribution is 2.22. The fourth-order valence-electron chi connectivity index (χ4n) is 2.11. The minimum atomic E-state index is 0.157. The Bertz CT molecular complexity index is 548. The van der Waals surface area contributed by atoms with Gasteiger partial charge in [0.2, 0.25) is 0 Å². The van der Waals surface area contributed by atoms with Gasteiger partial charge in [-0.05, 0) is 16.5 Å². The molecule has 0 aliphatic rings. The van der Waals surface area contributed by atoms with Crippen molar-refractivity contribution in [2.75, 3.05) is 0 Å². The summed E-state index contributed by atoms with van der Waals surface area (Å²) in [5, 5.41) is 0. The lowest BCUT2D eigenvalue weighted by Gasteiger charge is -2.19. The van der Waals surface area contributed by atoms with Gasteiger partial charge in [0.1, 0.15) is 5.78 Å². The molecule has 0 bridgehead atoms. The Morgan fingerprint density at radius 1 is 1.20 bits per heavy atom. The number of hydrogen-bond acceptors (Lipinski definition) is 2. The Labute approximate surface area is 120 Å². The quantitative estimate of drug-likeness (QED) is 0.834. The van der Waals surface area contributed by atoms with Gasteiger partial charge in [-0.1, -0.05) is 45.0 Å². The van der Waals surface area contributed by atoms with Crippen molar-refractivity contribution >= 4 is 5.78 Å². The number of hydrogen-bond donors (Lipinski definition) is 0. The molecule has 0 aliphatic heterocycles.